The monoisotopic (exact) mass is 503 g/mol. The molecule has 1 aromatic rings. The maximum absolute atomic E-state index is 13.4. The Kier molecular flexibility index (Phi) is 9.58. The number of methoxy groups -OCH3 is 2. The van der Waals surface area contributed by atoms with Gasteiger partial charge < -0.3 is 24.3 Å². The van der Waals surface area contributed by atoms with Crippen LogP contribution in [0.5, 0.6) is 11.5 Å². The lowest BCUT2D eigenvalue weighted by Crippen LogP contribution is -2.52. The van der Waals surface area contributed by atoms with E-state index in [9.17, 15) is 14.4 Å². The third kappa shape index (κ3) is 5.75. The average Bonchev–Trinajstić information content (AvgIpc) is 2.88. The van der Waals surface area contributed by atoms with E-state index in [0.717, 1.165) is 19.4 Å². The lowest BCUT2D eigenvalue weighted by molar-refractivity contribution is -0.150. The van der Waals surface area contributed by atoms with Gasteiger partial charge in [0, 0.05) is 30.9 Å². The number of carbonyl (C=O) groups is 3. The van der Waals surface area contributed by atoms with Crippen LogP contribution in [0, 0.1) is 5.92 Å². The second-order valence-electron chi connectivity index (χ2n) is 8.62. The highest BCUT2D eigenvalue weighted by Crippen LogP contribution is 2.40. The molecule has 2 aliphatic heterocycles. The van der Waals surface area contributed by atoms with E-state index in [-0.39, 0.29) is 24.5 Å². The zero-order chi connectivity index (χ0) is 26.2. The van der Waals surface area contributed by atoms with E-state index in [0.29, 0.717) is 54.6 Å². The number of piperidine rings is 1. The molecule has 2 aliphatic rings. The third-order valence-corrected chi connectivity index (χ3v) is 6.49. The van der Waals surface area contributed by atoms with Crippen molar-refractivity contribution in [2.45, 2.75) is 39.7 Å². The van der Waals surface area contributed by atoms with Gasteiger partial charge >= 0.3 is 18.0 Å². The summed E-state index contributed by atoms with van der Waals surface area (Å²) in [5, 5.41) is 2.96. The first-order valence-electron chi connectivity index (χ1n) is 12.5. The standard InChI is InChI=1S/C26H37N3O7/c1-6-29-19(16-28-14-10-11-17(15-28)24(30)35-7-2)21(25(31)36-8-3)22(27-26(29)32)18-12-9-13-20(33-4)23(18)34-5/h9,12-13,17,22H,6-8,10-11,14-16H2,1-5H3,(H,27,32)/t17-,22-/m1/s1. The number of amides is 2. The summed E-state index contributed by atoms with van der Waals surface area (Å²) in [6.45, 7) is 7.82. The molecule has 1 N–H and O–H groups in total. The van der Waals surface area contributed by atoms with Crippen LogP contribution >= 0.6 is 0 Å². The molecule has 1 fully saturated rings. The number of urea groups is 1. The van der Waals surface area contributed by atoms with Crippen LogP contribution in [0.4, 0.5) is 4.79 Å². The molecule has 0 spiro atoms. The predicted molar refractivity (Wildman–Crippen MR) is 133 cm³/mol. The van der Waals surface area contributed by atoms with Gasteiger partial charge in [-0.1, -0.05) is 12.1 Å². The zero-order valence-electron chi connectivity index (χ0n) is 21.8. The zero-order valence-corrected chi connectivity index (χ0v) is 21.8. The molecule has 3 rings (SSSR count). The number of hydrogen-bond donors (Lipinski definition) is 1. The molecule has 1 saturated heterocycles. The molecule has 0 saturated carbocycles. The molecule has 0 aromatic heterocycles. The van der Waals surface area contributed by atoms with E-state index >= 15 is 0 Å². The van der Waals surface area contributed by atoms with Crippen molar-refractivity contribution >= 4 is 18.0 Å². The number of rotatable bonds is 10. The van der Waals surface area contributed by atoms with Crippen LogP contribution in [0.25, 0.3) is 0 Å². The van der Waals surface area contributed by atoms with Gasteiger partial charge in [-0.05, 0) is 46.2 Å². The molecular formula is C26H37N3O7. The van der Waals surface area contributed by atoms with E-state index in [1.165, 1.54) is 14.2 Å². The van der Waals surface area contributed by atoms with E-state index in [2.05, 4.69) is 10.2 Å². The van der Waals surface area contributed by atoms with Crippen LogP contribution in [-0.2, 0) is 19.1 Å². The summed E-state index contributed by atoms with van der Waals surface area (Å²) in [6.07, 6.45) is 1.57. The highest BCUT2D eigenvalue weighted by molar-refractivity contribution is 5.95. The van der Waals surface area contributed by atoms with Crippen molar-refractivity contribution in [3.8, 4) is 11.5 Å². The fraction of sp³-hybridized carbons (Fsp3) is 0.577. The van der Waals surface area contributed by atoms with Gasteiger partial charge in [-0.2, -0.15) is 0 Å². The maximum atomic E-state index is 13.4. The molecule has 10 heteroatoms. The summed E-state index contributed by atoms with van der Waals surface area (Å²) < 4.78 is 21.8. The van der Waals surface area contributed by atoms with Gasteiger partial charge in [-0.15, -0.1) is 0 Å². The van der Waals surface area contributed by atoms with Gasteiger partial charge in [0.1, 0.15) is 0 Å². The van der Waals surface area contributed by atoms with Gasteiger partial charge in [-0.25, -0.2) is 9.59 Å². The molecule has 0 unspecified atom stereocenters. The number of likely N-dealkylation sites (tertiary alicyclic amines) is 1. The summed E-state index contributed by atoms with van der Waals surface area (Å²) in [5.74, 6) is -0.0570. The fourth-order valence-corrected chi connectivity index (χ4v) is 4.89. The first kappa shape index (κ1) is 27.3. The van der Waals surface area contributed by atoms with Crippen LogP contribution < -0.4 is 14.8 Å². The van der Waals surface area contributed by atoms with Crippen LogP contribution in [0.2, 0.25) is 0 Å². The van der Waals surface area contributed by atoms with Crippen molar-refractivity contribution in [3.05, 3.63) is 35.0 Å². The van der Waals surface area contributed by atoms with Crippen molar-refractivity contribution in [2.24, 2.45) is 5.92 Å². The average molecular weight is 504 g/mol. The largest absolute Gasteiger partial charge is 0.493 e. The van der Waals surface area contributed by atoms with Crippen LogP contribution in [0.15, 0.2) is 29.5 Å². The Morgan fingerprint density at radius 2 is 1.83 bits per heavy atom. The van der Waals surface area contributed by atoms with Crippen LogP contribution in [0.1, 0.15) is 45.2 Å². The molecule has 10 nitrogen and oxygen atoms in total. The quantitative estimate of drug-likeness (QED) is 0.486. The molecule has 0 aliphatic carbocycles. The van der Waals surface area contributed by atoms with Crippen molar-refractivity contribution in [1.82, 2.24) is 15.1 Å². The summed E-state index contributed by atoms with van der Waals surface area (Å²) in [7, 11) is 3.05. The third-order valence-electron chi connectivity index (χ3n) is 6.49. The number of nitrogens with zero attached hydrogens (tertiary/aromatic N) is 2. The Morgan fingerprint density at radius 1 is 1.08 bits per heavy atom. The molecule has 0 bridgehead atoms. The minimum Gasteiger partial charge on any atom is -0.493 e. The van der Waals surface area contributed by atoms with Gasteiger partial charge in [0.25, 0.3) is 0 Å². The first-order chi connectivity index (χ1) is 17.4. The van der Waals surface area contributed by atoms with Crippen molar-refractivity contribution < 1.29 is 33.3 Å². The molecule has 2 amide bonds. The summed E-state index contributed by atoms with van der Waals surface area (Å²) in [4.78, 5) is 42.7. The first-order valence-corrected chi connectivity index (χ1v) is 12.5. The van der Waals surface area contributed by atoms with Gasteiger partial charge in [-0.3, -0.25) is 14.6 Å². The number of esters is 2. The Hall–Kier alpha value is -3.27. The number of hydrogen-bond acceptors (Lipinski definition) is 8. The Morgan fingerprint density at radius 3 is 2.47 bits per heavy atom. The molecule has 2 atom stereocenters. The molecule has 2 heterocycles. The number of benzene rings is 1. The molecular weight excluding hydrogens is 466 g/mol. The van der Waals surface area contributed by atoms with E-state index in [1.807, 2.05) is 6.92 Å². The number of nitrogens with one attached hydrogen (secondary N) is 1. The summed E-state index contributed by atoms with van der Waals surface area (Å²) in [5.41, 5.74) is 1.48. The Bertz CT molecular complexity index is 994. The topological polar surface area (TPSA) is 107 Å². The molecule has 0 radical (unpaired) electrons. The molecule has 1 aromatic carbocycles. The minimum atomic E-state index is -0.801. The minimum absolute atomic E-state index is 0.187. The van der Waals surface area contributed by atoms with Crippen molar-refractivity contribution in [2.75, 3.05) is 53.6 Å². The second kappa shape index (κ2) is 12.6. The lowest BCUT2D eigenvalue weighted by atomic mass is 9.92. The fourth-order valence-electron chi connectivity index (χ4n) is 4.89. The smallest absolute Gasteiger partial charge is 0.338 e. The Balaban J connectivity index is 2.09. The second-order valence-corrected chi connectivity index (χ2v) is 8.62. The Labute approximate surface area is 212 Å². The van der Waals surface area contributed by atoms with Gasteiger partial charge in [0.05, 0.1) is 45.0 Å². The SMILES string of the molecule is CCOC(=O)C1=C(CN2CCC[C@@H](C(=O)OCC)C2)N(CC)C(=O)N[C@@H]1c1cccc(OC)c1OC. The number of para-hydroxylation sites is 1. The van der Waals surface area contributed by atoms with E-state index in [1.54, 1.807) is 36.9 Å². The predicted octanol–water partition coefficient (Wildman–Crippen LogP) is 2.88. The lowest BCUT2D eigenvalue weighted by Gasteiger charge is -2.40. The van der Waals surface area contributed by atoms with E-state index < -0.39 is 12.0 Å². The highest BCUT2D eigenvalue weighted by Gasteiger charge is 2.40. The van der Waals surface area contributed by atoms with Crippen LogP contribution in [-0.4, -0.2) is 81.4 Å². The summed E-state index contributed by atoms with van der Waals surface area (Å²) in [6, 6.07) is 4.21. The van der Waals surface area contributed by atoms with Crippen molar-refractivity contribution in [3.63, 3.8) is 0 Å². The number of carbonyl (C=O) groups excluding carboxylic acids is 3. The van der Waals surface area contributed by atoms with Gasteiger partial charge in [0.2, 0.25) is 0 Å². The van der Waals surface area contributed by atoms with Crippen molar-refractivity contribution in [1.29, 1.82) is 0 Å². The normalized spacial score (nSPS) is 20.6. The highest BCUT2D eigenvalue weighted by atomic mass is 16.5. The maximum Gasteiger partial charge on any atom is 0.338 e. The number of ether oxygens (including phenoxy) is 4. The summed E-state index contributed by atoms with van der Waals surface area (Å²) >= 11 is 0. The molecule has 198 valence electrons. The van der Waals surface area contributed by atoms with Gasteiger partial charge in [0.15, 0.2) is 11.5 Å². The molecule has 36 heavy (non-hydrogen) atoms. The van der Waals surface area contributed by atoms with Crippen LogP contribution in [0.3, 0.4) is 0 Å². The number of likely N-dealkylation sites (N-methyl/N-ethyl adjacent to an activating group) is 1. The van der Waals surface area contributed by atoms with E-state index in [4.69, 9.17) is 18.9 Å².